The first-order valence-electron chi connectivity index (χ1n) is 10.4. The van der Waals surface area contributed by atoms with E-state index in [1.165, 1.54) is 24.7 Å². The molecular weight excluding hydrogens is 508 g/mol. The molecule has 5 aromatic rings. The lowest BCUT2D eigenvalue weighted by Crippen LogP contribution is -2.01. The fourth-order valence-electron chi connectivity index (χ4n) is 1.90. The van der Waals surface area contributed by atoms with E-state index in [9.17, 15) is 19.2 Å². The van der Waals surface area contributed by atoms with E-state index in [1.54, 1.807) is 34.6 Å². The Labute approximate surface area is 212 Å². The lowest BCUT2D eigenvalue weighted by Gasteiger charge is -1.88. The number of H-pyrrole nitrogens is 3. The molecule has 0 aromatic carbocycles. The lowest BCUT2D eigenvalue weighted by atomic mass is 10.3. The molecule has 16 heteroatoms. The zero-order chi connectivity index (χ0) is 28.7. The van der Waals surface area contributed by atoms with Gasteiger partial charge in [0.15, 0.2) is 17.3 Å². The minimum atomic E-state index is -0.404. The number of nitrogens with zero attached hydrogens (tertiary/aromatic N) is 3. The van der Waals surface area contributed by atoms with E-state index in [2.05, 4.69) is 48.8 Å². The molecule has 0 aliphatic heterocycles. The SMILES string of the molecule is Cc1cc(=O)[nH]o1.Cc1cc(=O)c(O)co1.Cc1co[nH]c1=O.Cc1cocc(O)c1=O.Cc1nn[nH]n1. The Morgan fingerprint density at radius 2 is 1.50 bits per heavy atom. The Morgan fingerprint density at radius 1 is 0.789 bits per heavy atom. The minimum absolute atomic E-state index is 0.153. The van der Waals surface area contributed by atoms with Crippen LogP contribution in [0, 0.1) is 34.6 Å². The van der Waals surface area contributed by atoms with Crippen LogP contribution in [0.2, 0.25) is 0 Å². The van der Waals surface area contributed by atoms with E-state index in [0.29, 0.717) is 28.5 Å². The zero-order valence-electron chi connectivity index (χ0n) is 21.0. The Hall–Kier alpha value is -5.41. The first-order valence-corrected chi connectivity index (χ1v) is 10.4. The molecule has 5 rings (SSSR count). The molecule has 0 aliphatic carbocycles. The molecule has 5 N–H and O–H groups in total. The van der Waals surface area contributed by atoms with Crippen molar-refractivity contribution in [2.24, 2.45) is 0 Å². The molecule has 5 aromatic heterocycles. The van der Waals surface area contributed by atoms with Crippen LogP contribution in [0.5, 0.6) is 11.5 Å². The van der Waals surface area contributed by atoms with Gasteiger partial charge in [-0.2, -0.15) is 15.5 Å². The average Bonchev–Trinajstić information content (AvgIpc) is 3.60. The molecule has 0 saturated heterocycles. The quantitative estimate of drug-likeness (QED) is 0.188. The number of aromatic amines is 3. The van der Waals surface area contributed by atoms with Gasteiger partial charge in [0, 0.05) is 17.7 Å². The fraction of sp³-hybridized carbons (Fsp3) is 0.227. The summed E-state index contributed by atoms with van der Waals surface area (Å²) in [7, 11) is 0. The van der Waals surface area contributed by atoms with Crippen LogP contribution in [0.4, 0.5) is 0 Å². The van der Waals surface area contributed by atoms with Gasteiger partial charge in [0.2, 0.25) is 10.9 Å². The van der Waals surface area contributed by atoms with E-state index >= 15 is 0 Å². The van der Waals surface area contributed by atoms with Crippen molar-refractivity contribution in [1.29, 1.82) is 0 Å². The van der Waals surface area contributed by atoms with Crippen LogP contribution in [-0.4, -0.2) is 41.2 Å². The summed E-state index contributed by atoms with van der Waals surface area (Å²) in [5.41, 5.74) is -0.0903. The molecule has 204 valence electrons. The molecule has 16 nitrogen and oxygen atoms in total. The maximum Gasteiger partial charge on any atom is 0.282 e. The van der Waals surface area contributed by atoms with Crippen LogP contribution in [0.25, 0.3) is 0 Å². The number of nitrogens with one attached hydrogen (secondary N) is 3. The number of aromatic hydroxyl groups is 2. The summed E-state index contributed by atoms with van der Waals surface area (Å²) in [6.45, 7) is 8.37. The van der Waals surface area contributed by atoms with Crippen molar-refractivity contribution >= 4 is 0 Å². The summed E-state index contributed by atoms with van der Waals surface area (Å²) in [6.07, 6.45) is 4.71. The van der Waals surface area contributed by atoms with Gasteiger partial charge in [0.25, 0.3) is 11.1 Å². The van der Waals surface area contributed by atoms with Crippen LogP contribution in [0.3, 0.4) is 0 Å². The molecular formula is C22H26N6O10. The smallest absolute Gasteiger partial charge is 0.282 e. The minimum Gasteiger partial charge on any atom is -0.502 e. The molecule has 0 fully saturated rings. The molecule has 0 bridgehead atoms. The van der Waals surface area contributed by atoms with E-state index in [0.717, 1.165) is 12.5 Å². The van der Waals surface area contributed by atoms with E-state index in [-0.39, 0.29) is 28.0 Å². The third kappa shape index (κ3) is 11.8. The molecule has 38 heavy (non-hydrogen) atoms. The van der Waals surface area contributed by atoms with Gasteiger partial charge in [-0.15, -0.1) is 10.2 Å². The maximum absolute atomic E-state index is 10.7. The molecule has 0 amide bonds. The Morgan fingerprint density at radius 3 is 1.79 bits per heavy atom. The monoisotopic (exact) mass is 534 g/mol. The Bertz CT molecular complexity index is 1560. The van der Waals surface area contributed by atoms with Gasteiger partial charge in [0.05, 0.1) is 11.8 Å². The highest BCUT2D eigenvalue weighted by Crippen LogP contribution is 2.00. The van der Waals surface area contributed by atoms with Gasteiger partial charge >= 0.3 is 0 Å². The van der Waals surface area contributed by atoms with Gasteiger partial charge in [-0.3, -0.25) is 19.2 Å². The second-order valence-corrected chi connectivity index (χ2v) is 7.14. The molecule has 0 spiro atoms. The Kier molecular flexibility index (Phi) is 12.5. The highest BCUT2D eigenvalue weighted by Gasteiger charge is 1.97. The van der Waals surface area contributed by atoms with Crippen LogP contribution in [-0.2, 0) is 0 Å². The number of hydrogen-bond acceptors (Lipinski definition) is 13. The summed E-state index contributed by atoms with van der Waals surface area (Å²) in [5.74, 6) is 1.11. The molecule has 0 unspecified atom stereocenters. The zero-order valence-corrected chi connectivity index (χ0v) is 21.0. The predicted octanol–water partition coefficient (Wildman–Crippen LogP) is 1.37. The lowest BCUT2D eigenvalue weighted by molar-refractivity contribution is 0.392. The standard InChI is InChI=1S/2C6H6O3.2C4H5NO2.C2H4N4/c1-4-2-9-3-5(7)6(4)8;1-4-2-5(7)6(8)3-9-4;1-3-2-7-5-4(3)6;1-3-2-4(6)5-7-3;1-2-3-5-6-4-2/h2-3,7H,1H3;2-3,8H,1H3;2*2H,1H3,(H,5,6);1H3,(H,3,4,5,6). The summed E-state index contributed by atoms with van der Waals surface area (Å²) < 4.78 is 18.2. The molecule has 0 radical (unpaired) electrons. The third-order valence-corrected chi connectivity index (χ3v) is 3.80. The van der Waals surface area contributed by atoms with Crippen molar-refractivity contribution in [3.63, 3.8) is 0 Å². The molecule has 0 saturated carbocycles. The molecule has 0 atom stereocenters. The first-order chi connectivity index (χ1) is 17.9. The van der Waals surface area contributed by atoms with Crippen molar-refractivity contribution < 1.29 is 28.1 Å². The number of rotatable bonds is 0. The van der Waals surface area contributed by atoms with E-state index < -0.39 is 5.43 Å². The number of aromatic nitrogens is 6. The van der Waals surface area contributed by atoms with Gasteiger partial charge < -0.3 is 28.1 Å². The number of hydrogen-bond donors (Lipinski definition) is 5. The summed E-state index contributed by atoms with van der Waals surface area (Å²) in [4.78, 5) is 41.6. The van der Waals surface area contributed by atoms with Crippen molar-refractivity contribution in [3.05, 3.63) is 107 Å². The van der Waals surface area contributed by atoms with E-state index in [1.807, 2.05) is 0 Å². The number of tetrazole rings is 1. The van der Waals surface area contributed by atoms with Gasteiger partial charge in [0.1, 0.15) is 30.3 Å². The van der Waals surface area contributed by atoms with Crippen LogP contribution < -0.4 is 22.0 Å². The topological polar surface area (TPSA) is 247 Å². The van der Waals surface area contributed by atoms with Gasteiger partial charge in [-0.1, -0.05) is 5.21 Å². The van der Waals surface area contributed by atoms with Crippen LogP contribution >= 0.6 is 0 Å². The molecule has 5 heterocycles. The highest BCUT2D eigenvalue weighted by atomic mass is 16.5. The summed E-state index contributed by atoms with van der Waals surface area (Å²) in [5, 5.41) is 34.3. The van der Waals surface area contributed by atoms with E-state index in [4.69, 9.17) is 10.2 Å². The summed E-state index contributed by atoms with van der Waals surface area (Å²) in [6, 6.07) is 2.62. The first kappa shape index (κ1) is 30.6. The van der Waals surface area contributed by atoms with Crippen LogP contribution in [0.1, 0.15) is 28.5 Å². The average molecular weight is 534 g/mol. The van der Waals surface area contributed by atoms with Crippen molar-refractivity contribution in [1.82, 2.24) is 30.9 Å². The maximum atomic E-state index is 10.7. The second-order valence-electron chi connectivity index (χ2n) is 7.14. The normalized spacial score (nSPS) is 9.29. The van der Waals surface area contributed by atoms with Crippen molar-refractivity contribution in [2.75, 3.05) is 0 Å². The largest absolute Gasteiger partial charge is 0.502 e. The van der Waals surface area contributed by atoms with Crippen molar-refractivity contribution in [2.45, 2.75) is 34.6 Å². The predicted molar refractivity (Wildman–Crippen MR) is 130 cm³/mol. The van der Waals surface area contributed by atoms with Gasteiger partial charge in [-0.05, 0) is 34.6 Å². The fourth-order valence-corrected chi connectivity index (χ4v) is 1.90. The number of aryl methyl sites for hydroxylation is 5. The summed E-state index contributed by atoms with van der Waals surface area (Å²) >= 11 is 0. The second kappa shape index (κ2) is 15.6. The molecule has 0 aliphatic rings. The van der Waals surface area contributed by atoms with Gasteiger partial charge in [-0.25, -0.2) is 0 Å². The van der Waals surface area contributed by atoms with Crippen molar-refractivity contribution in [3.8, 4) is 11.5 Å². The highest BCUT2D eigenvalue weighted by molar-refractivity contribution is 5.18. The third-order valence-electron chi connectivity index (χ3n) is 3.80. The van der Waals surface area contributed by atoms with Crippen LogP contribution in [0.15, 0.2) is 74.2 Å². The Balaban J connectivity index is 0.000000239.